The van der Waals surface area contributed by atoms with E-state index in [4.69, 9.17) is 0 Å². The molecule has 0 bridgehead atoms. The van der Waals surface area contributed by atoms with Gasteiger partial charge < -0.3 is 0 Å². The molecule has 0 aliphatic carbocycles. The monoisotopic (exact) mass is 398 g/mol. The summed E-state index contributed by atoms with van der Waals surface area (Å²) in [4.78, 5) is 9.99. The summed E-state index contributed by atoms with van der Waals surface area (Å²) in [6.07, 6.45) is 0. The topological polar surface area (TPSA) is 89.3 Å². The Labute approximate surface area is 142 Å². The lowest BCUT2D eigenvalue weighted by atomic mass is 9.96. The molecule has 0 spiro atoms. The second kappa shape index (κ2) is 6.38. The Morgan fingerprint density at radius 1 is 1.09 bits per heavy atom. The van der Waals surface area contributed by atoms with Crippen LogP contribution in [0, 0.1) is 10.1 Å². The van der Waals surface area contributed by atoms with Crippen molar-refractivity contribution in [3.63, 3.8) is 0 Å². The van der Waals surface area contributed by atoms with E-state index in [1.807, 2.05) is 0 Å². The van der Waals surface area contributed by atoms with Crippen molar-refractivity contribution in [3.8, 4) is 0 Å². The summed E-state index contributed by atoms with van der Waals surface area (Å²) in [7, 11) is -4.06. The molecule has 2 rings (SSSR count). The van der Waals surface area contributed by atoms with Gasteiger partial charge in [-0.2, -0.15) is 0 Å². The maximum atomic E-state index is 12.6. The van der Waals surface area contributed by atoms with Gasteiger partial charge in [0.05, 0.1) is 10.5 Å². The summed E-state index contributed by atoms with van der Waals surface area (Å²) < 4.78 is 28.6. The number of nitrogens with zero attached hydrogens (tertiary/aromatic N) is 1. The lowest BCUT2D eigenvalue weighted by Crippen LogP contribution is -2.41. The van der Waals surface area contributed by atoms with Gasteiger partial charge in [-0.15, -0.1) is 0 Å². The lowest BCUT2D eigenvalue weighted by molar-refractivity contribution is -0.387. The average molecular weight is 399 g/mol. The predicted molar refractivity (Wildman–Crippen MR) is 90.6 cm³/mol. The van der Waals surface area contributed by atoms with Gasteiger partial charge in [0.1, 0.15) is 0 Å². The van der Waals surface area contributed by atoms with Crippen LogP contribution in [0.25, 0.3) is 0 Å². The minimum atomic E-state index is -4.06. The molecule has 0 aliphatic rings. The van der Waals surface area contributed by atoms with Gasteiger partial charge in [0, 0.05) is 10.5 Å². The molecule has 0 aromatic heterocycles. The first kappa shape index (κ1) is 17.6. The number of hydrogen-bond donors (Lipinski definition) is 1. The van der Waals surface area contributed by atoms with E-state index in [1.54, 1.807) is 38.1 Å². The van der Waals surface area contributed by atoms with Crippen LogP contribution in [0.3, 0.4) is 0 Å². The predicted octanol–water partition coefficient (Wildman–Crippen LogP) is 3.57. The second-order valence-corrected chi connectivity index (χ2v) is 8.03. The van der Waals surface area contributed by atoms with Crippen molar-refractivity contribution >= 4 is 31.6 Å². The van der Waals surface area contributed by atoms with Gasteiger partial charge >= 0.3 is 0 Å². The fourth-order valence-electron chi connectivity index (χ4n) is 2.15. The van der Waals surface area contributed by atoms with E-state index in [9.17, 15) is 18.5 Å². The molecular weight excluding hydrogens is 384 g/mol. The zero-order valence-electron chi connectivity index (χ0n) is 12.5. The van der Waals surface area contributed by atoms with E-state index in [2.05, 4.69) is 20.7 Å². The van der Waals surface area contributed by atoms with Crippen molar-refractivity contribution in [2.75, 3.05) is 0 Å². The Morgan fingerprint density at radius 2 is 1.65 bits per heavy atom. The number of para-hydroxylation sites is 1. The van der Waals surface area contributed by atoms with Gasteiger partial charge in [0.15, 0.2) is 4.90 Å². The van der Waals surface area contributed by atoms with Gasteiger partial charge in [-0.05, 0) is 37.6 Å². The van der Waals surface area contributed by atoms with Crippen LogP contribution < -0.4 is 4.72 Å². The third-order valence-electron chi connectivity index (χ3n) is 3.31. The highest BCUT2D eigenvalue weighted by atomic mass is 79.9. The molecule has 0 atom stereocenters. The Morgan fingerprint density at radius 3 is 2.22 bits per heavy atom. The van der Waals surface area contributed by atoms with Crippen LogP contribution in [0.5, 0.6) is 0 Å². The molecule has 8 heteroatoms. The first-order valence-electron chi connectivity index (χ1n) is 6.67. The van der Waals surface area contributed by atoms with Crippen LogP contribution in [-0.2, 0) is 15.6 Å². The van der Waals surface area contributed by atoms with Crippen LogP contribution in [0.4, 0.5) is 5.69 Å². The summed E-state index contributed by atoms with van der Waals surface area (Å²) in [5.74, 6) is 0. The zero-order valence-corrected chi connectivity index (χ0v) is 14.9. The molecule has 0 amide bonds. The molecule has 0 fully saturated rings. The van der Waals surface area contributed by atoms with Crippen molar-refractivity contribution in [2.24, 2.45) is 0 Å². The van der Waals surface area contributed by atoms with E-state index < -0.39 is 26.2 Å². The molecule has 23 heavy (non-hydrogen) atoms. The highest BCUT2D eigenvalue weighted by Crippen LogP contribution is 2.28. The quantitative estimate of drug-likeness (QED) is 0.615. The Balaban J connectivity index is 2.42. The Hall–Kier alpha value is -1.77. The number of nitro groups is 1. The zero-order chi connectivity index (χ0) is 17.3. The summed E-state index contributed by atoms with van der Waals surface area (Å²) >= 11 is 3.32. The molecule has 0 saturated carbocycles. The molecule has 0 heterocycles. The van der Waals surface area contributed by atoms with Gasteiger partial charge in [-0.3, -0.25) is 10.1 Å². The SMILES string of the molecule is CC(C)(NS(=O)(=O)c1ccccc1[N+](=O)[O-])c1ccc(Br)cc1. The van der Waals surface area contributed by atoms with Crippen LogP contribution in [0.15, 0.2) is 57.9 Å². The third-order valence-corrected chi connectivity index (χ3v) is 5.54. The van der Waals surface area contributed by atoms with Gasteiger partial charge in [0.25, 0.3) is 5.69 Å². The third kappa shape index (κ3) is 3.95. The van der Waals surface area contributed by atoms with Crippen LogP contribution in [0.2, 0.25) is 0 Å². The van der Waals surface area contributed by atoms with Crippen molar-refractivity contribution in [2.45, 2.75) is 24.3 Å². The summed E-state index contributed by atoms with van der Waals surface area (Å²) in [5, 5.41) is 11.0. The van der Waals surface area contributed by atoms with Gasteiger partial charge in [-0.25, -0.2) is 13.1 Å². The van der Waals surface area contributed by atoms with Crippen molar-refractivity contribution < 1.29 is 13.3 Å². The maximum absolute atomic E-state index is 12.6. The van der Waals surface area contributed by atoms with Gasteiger partial charge in [-0.1, -0.05) is 40.2 Å². The molecule has 1 N–H and O–H groups in total. The molecule has 0 aliphatic heterocycles. The van der Waals surface area contributed by atoms with E-state index in [-0.39, 0.29) is 4.90 Å². The molecule has 0 unspecified atom stereocenters. The molecule has 2 aromatic rings. The summed E-state index contributed by atoms with van der Waals surface area (Å²) in [6, 6.07) is 12.4. The first-order chi connectivity index (χ1) is 10.6. The fraction of sp³-hybridized carbons (Fsp3) is 0.200. The molecule has 6 nitrogen and oxygen atoms in total. The Kier molecular flexibility index (Phi) is 4.88. The highest BCUT2D eigenvalue weighted by Gasteiger charge is 2.32. The van der Waals surface area contributed by atoms with Gasteiger partial charge in [0.2, 0.25) is 10.0 Å². The average Bonchev–Trinajstić information content (AvgIpc) is 2.46. The molecular formula is C15H15BrN2O4S. The Bertz CT molecular complexity index is 833. The van der Waals surface area contributed by atoms with Crippen molar-refractivity contribution in [1.82, 2.24) is 4.72 Å². The summed E-state index contributed by atoms with van der Waals surface area (Å²) in [5.41, 5.74) is -0.641. The van der Waals surface area contributed by atoms with E-state index in [1.165, 1.54) is 24.3 Å². The largest absolute Gasteiger partial charge is 0.289 e. The molecule has 0 radical (unpaired) electrons. The van der Waals surface area contributed by atoms with Crippen LogP contribution in [-0.4, -0.2) is 13.3 Å². The van der Waals surface area contributed by atoms with E-state index in [0.29, 0.717) is 0 Å². The number of nitro benzene ring substituents is 1. The number of sulfonamides is 1. The van der Waals surface area contributed by atoms with E-state index in [0.717, 1.165) is 10.0 Å². The fourth-order valence-corrected chi connectivity index (χ4v) is 3.99. The smallest absolute Gasteiger partial charge is 0.258 e. The maximum Gasteiger partial charge on any atom is 0.289 e. The number of halogens is 1. The summed E-state index contributed by atoms with van der Waals surface area (Å²) in [6.45, 7) is 3.39. The number of nitrogens with one attached hydrogen (secondary N) is 1. The van der Waals surface area contributed by atoms with Crippen LogP contribution >= 0.6 is 15.9 Å². The molecule has 2 aromatic carbocycles. The van der Waals surface area contributed by atoms with Crippen LogP contribution in [0.1, 0.15) is 19.4 Å². The number of benzene rings is 2. The number of rotatable bonds is 5. The van der Waals surface area contributed by atoms with E-state index >= 15 is 0 Å². The minimum absolute atomic E-state index is 0.352. The first-order valence-corrected chi connectivity index (χ1v) is 8.94. The minimum Gasteiger partial charge on any atom is -0.258 e. The molecule has 0 saturated heterocycles. The van der Waals surface area contributed by atoms with Crippen molar-refractivity contribution in [1.29, 1.82) is 0 Å². The lowest BCUT2D eigenvalue weighted by Gasteiger charge is -2.26. The standard InChI is InChI=1S/C15H15BrN2O4S/c1-15(2,11-7-9-12(16)10-8-11)17-23(21,22)14-6-4-3-5-13(14)18(19)20/h3-10,17H,1-2H3. The van der Waals surface area contributed by atoms with Crippen molar-refractivity contribution in [3.05, 3.63) is 68.7 Å². The molecule has 122 valence electrons. The second-order valence-electron chi connectivity index (χ2n) is 5.46. The normalized spacial score (nSPS) is 12.1. The number of hydrogen-bond acceptors (Lipinski definition) is 4. The highest BCUT2D eigenvalue weighted by molar-refractivity contribution is 9.10.